The molecule has 0 saturated carbocycles. The molecule has 2 aliphatic heterocycles. The van der Waals surface area contributed by atoms with Crippen molar-refractivity contribution >= 4 is 31.0 Å². The van der Waals surface area contributed by atoms with Gasteiger partial charge in [0.15, 0.2) is 11.9 Å². The SMILES string of the molecule is CCCO[C@H]1[C@H](c2ccc3c(N)ncnn23)O[C@](C#N)(CO[P@@](=O)(N[C@@H](C)C(=O)OCC2COC2)Oc2ccccc2)[C@H]1OC(=O)CC. The van der Waals surface area contributed by atoms with Gasteiger partial charge in [-0.05, 0) is 37.6 Å². The van der Waals surface area contributed by atoms with Crippen molar-refractivity contribution in [2.24, 2.45) is 5.92 Å². The number of carbonyl (C=O) groups is 2. The van der Waals surface area contributed by atoms with E-state index >= 15 is 0 Å². The average molecular weight is 687 g/mol. The van der Waals surface area contributed by atoms with Crippen LogP contribution in [0.2, 0.25) is 0 Å². The van der Waals surface area contributed by atoms with E-state index in [-0.39, 0.29) is 37.1 Å². The zero-order chi connectivity index (χ0) is 34.3. The van der Waals surface area contributed by atoms with Crippen molar-refractivity contribution in [1.29, 1.82) is 5.26 Å². The number of rotatable bonds is 16. The first-order valence-electron chi connectivity index (χ1n) is 15.6. The van der Waals surface area contributed by atoms with Gasteiger partial charge in [0, 0.05) is 18.9 Å². The Morgan fingerprint density at radius 2 is 2.00 bits per heavy atom. The first-order chi connectivity index (χ1) is 23.1. The molecule has 16 nitrogen and oxygen atoms in total. The van der Waals surface area contributed by atoms with Crippen molar-refractivity contribution in [2.45, 2.75) is 63.6 Å². The molecule has 2 saturated heterocycles. The van der Waals surface area contributed by atoms with Crippen LogP contribution in [0.5, 0.6) is 5.75 Å². The number of esters is 2. The molecule has 4 heterocycles. The molecular weight excluding hydrogens is 647 g/mol. The minimum atomic E-state index is -4.46. The number of para-hydroxylation sites is 1. The molecule has 0 radical (unpaired) electrons. The maximum Gasteiger partial charge on any atom is 0.459 e. The summed E-state index contributed by atoms with van der Waals surface area (Å²) in [6.07, 6.45) is -1.54. The van der Waals surface area contributed by atoms with Gasteiger partial charge in [0.05, 0.1) is 25.5 Å². The number of nitrogens with zero attached hydrogens (tertiary/aromatic N) is 4. The summed E-state index contributed by atoms with van der Waals surface area (Å²) < 4.78 is 56.5. The Morgan fingerprint density at radius 1 is 1.23 bits per heavy atom. The maximum absolute atomic E-state index is 14.4. The Hall–Kier alpha value is -4.10. The lowest BCUT2D eigenvalue weighted by Crippen LogP contribution is -2.49. The van der Waals surface area contributed by atoms with Crippen molar-refractivity contribution in [1.82, 2.24) is 19.7 Å². The third-order valence-electron chi connectivity index (χ3n) is 7.74. The van der Waals surface area contributed by atoms with Crippen molar-refractivity contribution in [3.63, 3.8) is 0 Å². The fourth-order valence-corrected chi connectivity index (χ4v) is 6.66. The van der Waals surface area contributed by atoms with E-state index in [1.165, 1.54) is 17.8 Å². The predicted molar refractivity (Wildman–Crippen MR) is 168 cm³/mol. The van der Waals surface area contributed by atoms with E-state index in [9.17, 15) is 19.4 Å². The number of hydrogen-bond acceptors (Lipinski definition) is 14. The lowest BCUT2D eigenvalue weighted by Gasteiger charge is -2.31. The summed E-state index contributed by atoms with van der Waals surface area (Å²) in [6, 6.07) is 12.5. The second kappa shape index (κ2) is 15.4. The molecule has 1 aromatic carbocycles. The van der Waals surface area contributed by atoms with Crippen molar-refractivity contribution in [2.75, 3.05) is 38.8 Å². The van der Waals surface area contributed by atoms with Crippen molar-refractivity contribution in [3.8, 4) is 11.8 Å². The topological polar surface area (TPSA) is 208 Å². The molecule has 6 atom stereocenters. The largest absolute Gasteiger partial charge is 0.464 e. The Bertz CT molecular complexity index is 1660. The minimum absolute atomic E-state index is 0.00831. The molecule has 5 rings (SSSR count). The van der Waals surface area contributed by atoms with Crippen LogP contribution in [0.25, 0.3) is 5.52 Å². The highest BCUT2D eigenvalue weighted by Crippen LogP contribution is 2.50. The number of anilines is 1. The highest BCUT2D eigenvalue weighted by atomic mass is 31.2. The van der Waals surface area contributed by atoms with Crippen LogP contribution >= 0.6 is 7.75 Å². The summed E-state index contributed by atoms with van der Waals surface area (Å²) in [6.45, 7) is 5.55. The number of carbonyl (C=O) groups excluding carboxylic acids is 2. The van der Waals surface area contributed by atoms with Crippen LogP contribution in [0.3, 0.4) is 0 Å². The molecule has 0 amide bonds. The first-order valence-corrected chi connectivity index (χ1v) is 17.2. The normalized spacial score (nSPS) is 24.2. The van der Waals surface area contributed by atoms with Crippen LogP contribution in [-0.4, -0.2) is 83.4 Å². The molecule has 17 heteroatoms. The van der Waals surface area contributed by atoms with Crippen LogP contribution in [0.4, 0.5) is 5.82 Å². The Labute approximate surface area is 277 Å². The number of fused-ring (bicyclic) bond motifs is 1. The van der Waals surface area contributed by atoms with Crippen LogP contribution in [-0.2, 0) is 42.4 Å². The van der Waals surface area contributed by atoms with Gasteiger partial charge in [0.25, 0.3) is 0 Å². The molecular formula is C31H39N6O10P. The number of hydrogen-bond donors (Lipinski definition) is 2. The predicted octanol–water partition coefficient (Wildman–Crippen LogP) is 3.13. The van der Waals surface area contributed by atoms with Crippen molar-refractivity contribution < 1.29 is 46.9 Å². The van der Waals surface area contributed by atoms with Crippen molar-refractivity contribution in [3.05, 3.63) is 54.5 Å². The quantitative estimate of drug-likeness (QED) is 0.164. The van der Waals surface area contributed by atoms with Gasteiger partial charge >= 0.3 is 19.7 Å². The lowest BCUT2D eigenvalue weighted by atomic mass is 9.95. The molecule has 0 spiro atoms. The van der Waals surface area contributed by atoms with Gasteiger partial charge in [-0.15, -0.1) is 0 Å². The molecule has 2 aromatic heterocycles. The molecule has 258 valence electrons. The third-order valence-corrected chi connectivity index (χ3v) is 9.36. The number of nitrogen functional groups attached to an aromatic ring is 1. The zero-order valence-electron chi connectivity index (χ0n) is 26.9. The monoisotopic (exact) mass is 686 g/mol. The molecule has 0 unspecified atom stereocenters. The van der Waals surface area contributed by atoms with Gasteiger partial charge in [-0.3, -0.25) is 14.1 Å². The summed E-state index contributed by atoms with van der Waals surface area (Å²) in [5.74, 6) is -0.872. The number of nitriles is 1. The summed E-state index contributed by atoms with van der Waals surface area (Å²) in [5, 5.41) is 17.6. The highest BCUT2D eigenvalue weighted by Gasteiger charge is 2.61. The average Bonchev–Trinajstić information content (AvgIpc) is 3.62. The van der Waals surface area contributed by atoms with Gasteiger partial charge in [-0.25, -0.2) is 14.1 Å². The smallest absolute Gasteiger partial charge is 0.459 e. The molecule has 0 aliphatic carbocycles. The van der Waals surface area contributed by atoms with Gasteiger partial charge in [0.2, 0.25) is 5.60 Å². The van der Waals surface area contributed by atoms with Gasteiger partial charge in [-0.2, -0.15) is 15.4 Å². The molecule has 3 N–H and O–H groups in total. The minimum Gasteiger partial charge on any atom is -0.464 e. The van der Waals surface area contributed by atoms with E-state index in [1.54, 1.807) is 49.4 Å². The highest BCUT2D eigenvalue weighted by molar-refractivity contribution is 7.52. The van der Waals surface area contributed by atoms with Crippen LogP contribution in [0, 0.1) is 17.2 Å². The van der Waals surface area contributed by atoms with Gasteiger partial charge in [-0.1, -0.05) is 32.0 Å². The Morgan fingerprint density at radius 3 is 2.67 bits per heavy atom. The van der Waals surface area contributed by atoms with Crippen LogP contribution in [0.15, 0.2) is 48.8 Å². The Balaban J connectivity index is 1.47. The molecule has 48 heavy (non-hydrogen) atoms. The van der Waals surface area contributed by atoms with E-state index < -0.39 is 56.2 Å². The second-order valence-electron chi connectivity index (χ2n) is 11.4. The van der Waals surface area contributed by atoms with E-state index in [0.717, 1.165) is 0 Å². The van der Waals surface area contributed by atoms with E-state index in [2.05, 4.69) is 21.2 Å². The summed E-state index contributed by atoms with van der Waals surface area (Å²) in [5.41, 5.74) is 4.91. The van der Waals surface area contributed by atoms with Gasteiger partial charge < -0.3 is 33.9 Å². The summed E-state index contributed by atoms with van der Waals surface area (Å²) in [7, 11) is -4.46. The van der Waals surface area contributed by atoms with E-state index in [4.69, 9.17) is 38.5 Å². The zero-order valence-corrected chi connectivity index (χ0v) is 27.7. The molecule has 2 fully saturated rings. The number of nitrogens with one attached hydrogen (secondary N) is 1. The van der Waals surface area contributed by atoms with Gasteiger partial charge in [0.1, 0.15) is 48.5 Å². The first kappa shape index (κ1) is 35.2. The number of aromatic nitrogens is 3. The maximum atomic E-state index is 14.4. The van der Waals surface area contributed by atoms with Crippen LogP contribution in [0.1, 0.15) is 45.4 Å². The summed E-state index contributed by atoms with van der Waals surface area (Å²) >= 11 is 0. The van der Waals surface area contributed by atoms with E-state index in [1.807, 2.05) is 6.92 Å². The molecule has 2 aliphatic rings. The lowest BCUT2D eigenvalue weighted by molar-refractivity contribution is -0.162. The fourth-order valence-electron chi connectivity index (χ4n) is 5.14. The van der Waals surface area contributed by atoms with Crippen LogP contribution < -0.4 is 15.3 Å². The Kier molecular flexibility index (Phi) is 11.3. The second-order valence-corrected chi connectivity index (χ2v) is 13.1. The summed E-state index contributed by atoms with van der Waals surface area (Å²) in [4.78, 5) is 29.6. The number of ether oxygens (including phenoxy) is 5. The third kappa shape index (κ3) is 7.78. The number of nitrogens with two attached hydrogens (primary N) is 1. The molecule has 0 bridgehead atoms. The standard InChI is InChI=1S/C31H39N6O10P/c1-4-13-42-27-26(23-11-12-24-29(33)34-19-35-37(23)24)46-31(17-32,28(27)45-25(38)5-2)18-44-48(40,47-22-9-7-6-8-10-22)36-20(3)30(39)43-16-21-14-41-15-21/h6-12,19-21,26-28H,4-5,13-16,18H2,1-3H3,(H,36,40)(H2,33,34,35)/t20-,26-,27-,28-,31+,48-/m0/s1. The van der Waals surface area contributed by atoms with E-state index in [0.29, 0.717) is 30.8 Å². The molecule has 3 aromatic rings. The fraction of sp³-hybridized carbons (Fsp3) is 0.516. The number of benzene rings is 1.